The van der Waals surface area contributed by atoms with E-state index in [4.69, 9.17) is 4.74 Å². The maximum atomic E-state index is 12.6. The van der Waals surface area contributed by atoms with Crippen LogP contribution in [-0.2, 0) is 9.53 Å². The molecule has 0 heterocycles. The van der Waals surface area contributed by atoms with Gasteiger partial charge >= 0.3 is 0 Å². The highest BCUT2D eigenvalue weighted by atomic mass is 16.5. The van der Waals surface area contributed by atoms with Crippen LogP contribution >= 0.6 is 0 Å². The zero-order valence-corrected chi connectivity index (χ0v) is 21.3. The number of rotatable bonds is 17. The van der Waals surface area contributed by atoms with E-state index in [2.05, 4.69) is 31.3 Å². The second-order valence-corrected chi connectivity index (χ2v) is 11.1. The molecule has 5 nitrogen and oxygen atoms in total. The van der Waals surface area contributed by atoms with E-state index < -0.39 is 6.10 Å². The predicted octanol–water partition coefficient (Wildman–Crippen LogP) is 4.94. The highest BCUT2D eigenvalue weighted by molar-refractivity contribution is 5.94. The minimum absolute atomic E-state index is 0.0256. The second kappa shape index (κ2) is 14.3. The number of aliphatic hydroxyl groups is 2. The molecule has 0 aromatic rings. The lowest BCUT2D eigenvalue weighted by Gasteiger charge is -2.28. The van der Waals surface area contributed by atoms with Gasteiger partial charge in [0.2, 0.25) is 0 Å². The fourth-order valence-electron chi connectivity index (χ4n) is 5.46. The normalized spacial score (nSPS) is 27.8. The first-order valence-electron chi connectivity index (χ1n) is 13.7. The van der Waals surface area contributed by atoms with Gasteiger partial charge in [-0.1, -0.05) is 63.5 Å². The van der Waals surface area contributed by atoms with Gasteiger partial charge in [0.05, 0.1) is 18.8 Å². The summed E-state index contributed by atoms with van der Waals surface area (Å²) in [6.45, 7) is 5.67. The van der Waals surface area contributed by atoms with Crippen molar-refractivity contribution in [1.29, 1.82) is 0 Å². The Labute approximate surface area is 206 Å². The maximum Gasteiger partial charge on any atom is 0.159 e. The minimum Gasteiger partial charge on any atom is -0.391 e. The Morgan fingerprint density at radius 3 is 2.62 bits per heavy atom. The Bertz CT molecular complexity index is 698. The third-order valence-corrected chi connectivity index (χ3v) is 7.69. The van der Waals surface area contributed by atoms with Crippen molar-refractivity contribution in [3.63, 3.8) is 0 Å². The summed E-state index contributed by atoms with van der Waals surface area (Å²) in [5, 5.41) is 23.8. The third-order valence-electron chi connectivity index (χ3n) is 7.69. The van der Waals surface area contributed by atoms with Crippen LogP contribution in [0.2, 0.25) is 0 Å². The fraction of sp³-hybridized carbons (Fsp3) is 0.759. The number of nitrogens with one attached hydrogen (secondary N) is 1. The van der Waals surface area contributed by atoms with Crippen LogP contribution in [0.4, 0.5) is 0 Å². The van der Waals surface area contributed by atoms with Crippen molar-refractivity contribution in [2.75, 3.05) is 13.2 Å². The Kier molecular flexibility index (Phi) is 11.5. The monoisotopic (exact) mass is 473 g/mol. The van der Waals surface area contributed by atoms with E-state index in [1.807, 2.05) is 18.2 Å². The Balaban J connectivity index is 1.30. The molecule has 5 heteroatoms. The van der Waals surface area contributed by atoms with Gasteiger partial charge in [-0.3, -0.25) is 10.1 Å². The van der Waals surface area contributed by atoms with E-state index >= 15 is 0 Å². The number of ketones is 1. The van der Waals surface area contributed by atoms with Gasteiger partial charge in [-0.15, -0.1) is 0 Å². The Morgan fingerprint density at radius 2 is 1.88 bits per heavy atom. The number of hydrogen-bond donors (Lipinski definition) is 3. The standard InChI is InChI=1S/C29H47NO4/c1-21(9-5-3-8-12-28(33)30-19-23-13-14-23)17-24-15-16-27(32)29(24)22(2)18-25(31)20-34-26-10-6-4-7-11-26/h4,6-7,10,15-16,21-26,28-31,33H,3,5,8-9,11-14,17-20H2,1-2H3. The number of allylic oxidation sites excluding steroid dienone is 4. The molecule has 3 N–H and O–H groups in total. The topological polar surface area (TPSA) is 78.8 Å². The van der Waals surface area contributed by atoms with Crippen LogP contribution in [0.15, 0.2) is 36.5 Å². The summed E-state index contributed by atoms with van der Waals surface area (Å²) in [4.78, 5) is 12.6. The van der Waals surface area contributed by atoms with Crippen molar-refractivity contribution in [1.82, 2.24) is 5.32 Å². The van der Waals surface area contributed by atoms with Gasteiger partial charge in [-0.25, -0.2) is 0 Å². The van der Waals surface area contributed by atoms with Crippen molar-refractivity contribution in [2.24, 2.45) is 29.6 Å². The maximum absolute atomic E-state index is 12.6. The van der Waals surface area contributed by atoms with Crippen LogP contribution < -0.4 is 5.32 Å². The van der Waals surface area contributed by atoms with E-state index in [1.165, 1.54) is 19.3 Å². The van der Waals surface area contributed by atoms with Gasteiger partial charge in [-0.05, 0) is 74.7 Å². The first kappa shape index (κ1) is 27.3. The molecule has 7 unspecified atom stereocenters. The number of hydrogen-bond acceptors (Lipinski definition) is 5. The summed E-state index contributed by atoms with van der Waals surface area (Å²) in [6, 6.07) is 0. The molecule has 0 amide bonds. The van der Waals surface area contributed by atoms with E-state index in [1.54, 1.807) is 6.08 Å². The second-order valence-electron chi connectivity index (χ2n) is 11.1. The molecule has 0 aromatic heterocycles. The molecule has 0 aromatic carbocycles. The average molecular weight is 474 g/mol. The van der Waals surface area contributed by atoms with Gasteiger partial charge < -0.3 is 14.9 Å². The highest BCUT2D eigenvalue weighted by Gasteiger charge is 2.35. The molecule has 1 saturated carbocycles. The first-order valence-corrected chi connectivity index (χ1v) is 13.7. The number of ether oxygens (including phenoxy) is 1. The lowest BCUT2D eigenvalue weighted by molar-refractivity contribution is -0.120. The first-order chi connectivity index (χ1) is 16.4. The van der Waals surface area contributed by atoms with E-state index in [0.717, 1.165) is 51.0 Å². The molecule has 7 atom stereocenters. The number of carbonyl (C=O) groups is 1. The molecule has 1 fully saturated rings. The summed E-state index contributed by atoms with van der Waals surface area (Å²) >= 11 is 0. The number of aliphatic hydroxyl groups excluding tert-OH is 2. The zero-order chi connectivity index (χ0) is 24.3. The lowest BCUT2D eigenvalue weighted by atomic mass is 9.77. The summed E-state index contributed by atoms with van der Waals surface area (Å²) in [7, 11) is 0. The van der Waals surface area contributed by atoms with Crippen LogP contribution in [0.25, 0.3) is 0 Å². The molecule has 0 spiro atoms. The van der Waals surface area contributed by atoms with Crippen LogP contribution in [0.1, 0.15) is 78.1 Å². The van der Waals surface area contributed by atoms with Crippen LogP contribution in [0, 0.1) is 29.6 Å². The molecule has 0 bridgehead atoms. The van der Waals surface area contributed by atoms with Gasteiger partial charge in [0.1, 0.15) is 6.23 Å². The van der Waals surface area contributed by atoms with Crippen molar-refractivity contribution in [2.45, 2.75) is 96.5 Å². The third kappa shape index (κ3) is 9.77. The molecule has 3 rings (SSSR count). The minimum atomic E-state index is -0.546. The molecule has 3 aliphatic carbocycles. The molecule has 0 aliphatic heterocycles. The fourth-order valence-corrected chi connectivity index (χ4v) is 5.46. The van der Waals surface area contributed by atoms with Crippen LogP contribution in [-0.4, -0.2) is 47.6 Å². The average Bonchev–Trinajstić information content (AvgIpc) is 3.58. The van der Waals surface area contributed by atoms with Crippen molar-refractivity contribution < 1.29 is 19.7 Å². The molecular formula is C29H47NO4. The smallest absolute Gasteiger partial charge is 0.159 e. The summed E-state index contributed by atoms with van der Waals surface area (Å²) in [5.41, 5.74) is 0. The van der Waals surface area contributed by atoms with Crippen LogP contribution in [0.3, 0.4) is 0 Å². The van der Waals surface area contributed by atoms with Gasteiger partial charge in [0.25, 0.3) is 0 Å². The zero-order valence-electron chi connectivity index (χ0n) is 21.3. The quantitative estimate of drug-likeness (QED) is 0.206. The molecular weight excluding hydrogens is 426 g/mol. The molecule has 0 saturated heterocycles. The van der Waals surface area contributed by atoms with Crippen molar-refractivity contribution in [3.05, 3.63) is 36.5 Å². The highest BCUT2D eigenvalue weighted by Crippen LogP contribution is 2.36. The largest absolute Gasteiger partial charge is 0.391 e. The molecule has 192 valence electrons. The van der Waals surface area contributed by atoms with Gasteiger partial charge in [0, 0.05) is 12.5 Å². The Hall–Kier alpha value is -1.27. The number of unbranched alkanes of at least 4 members (excludes halogenated alkanes) is 2. The summed E-state index contributed by atoms with van der Waals surface area (Å²) in [6.07, 6.45) is 21.5. The Morgan fingerprint density at radius 1 is 1.09 bits per heavy atom. The van der Waals surface area contributed by atoms with Gasteiger partial charge in [-0.2, -0.15) is 0 Å². The van der Waals surface area contributed by atoms with E-state index in [9.17, 15) is 15.0 Å². The summed E-state index contributed by atoms with van der Waals surface area (Å²) in [5.74, 6) is 1.95. The van der Waals surface area contributed by atoms with Crippen molar-refractivity contribution in [3.8, 4) is 0 Å². The van der Waals surface area contributed by atoms with E-state index in [0.29, 0.717) is 18.9 Å². The SMILES string of the molecule is CC(CCCCCC(O)NCC1CC1)CC1C=CC(=O)C1C(C)CC(O)COC1C=CC=CC1. The van der Waals surface area contributed by atoms with E-state index in [-0.39, 0.29) is 35.9 Å². The van der Waals surface area contributed by atoms with Crippen molar-refractivity contribution >= 4 is 5.78 Å². The summed E-state index contributed by atoms with van der Waals surface area (Å²) < 4.78 is 5.82. The van der Waals surface area contributed by atoms with Gasteiger partial charge in [0.15, 0.2) is 5.78 Å². The molecule has 3 aliphatic rings. The lowest BCUT2D eigenvalue weighted by Crippen LogP contribution is -2.30. The number of carbonyl (C=O) groups excluding carboxylic acids is 1. The molecule has 34 heavy (non-hydrogen) atoms. The predicted molar refractivity (Wildman–Crippen MR) is 137 cm³/mol. The molecule has 0 radical (unpaired) electrons. The van der Waals surface area contributed by atoms with Crippen LogP contribution in [0.5, 0.6) is 0 Å².